The van der Waals surface area contributed by atoms with Crippen LogP contribution < -0.4 is 24.8 Å². The van der Waals surface area contributed by atoms with E-state index in [0.717, 1.165) is 10.2 Å². The lowest BCUT2D eigenvalue weighted by Gasteiger charge is -2.39. The number of rotatable bonds is 6. The molecule has 0 radical (unpaired) electrons. The predicted octanol–water partition coefficient (Wildman–Crippen LogP) is 5.11. The largest absolute Gasteiger partial charge is 0.493 e. The number of amides is 1. The van der Waals surface area contributed by atoms with Crippen LogP contribution in [0.3, 0.4) is 0 Å². The van der Waals surface area contributed by atoms with E-state index < -0.39 is 5.92 Å². The zero-order valence-electron chi connectivity index (χ0n) is 21.2. The van der Waals surface area contributed by atoms with Crippen LogP contribution in [0.5, 0.6) is 17.2 Å². The van der Waals surface area contributed by atoms with Gasteiger partial charge in [0.05, 0.1) is 21.3 Å². The topological polar surface area (TPSA) is 98.8 Å². The third-order valence-corrected chi connectivity index (χ3v) is 6.94. The van der Waals surface area contributed by atoms with Gasteiger partial charge in [-0.15, -0.1) is 0 Å². The summed E-state index contributed by atoms with van der Waals surface area (Å²) in [6.07, 6.45) is 2.69. The Morgan fingerprint density at radius 2 is 1.78 bits per heavy atom. The Labute approximate surface area is 219 Å². The lowest BCUT2D eigenvalue weighted by atomic mass is 9.68. The molecule has 9 heteroatoms. The molecule has 2 aliphatic rings. The van der Waals surface area contributed by atoms with Crippen LogP contribution in [0.1, 0.15) is 45.1 Å². The van der Waals surface area contributed by atoms with Crippen molar-refractivity contribution < 1.29 is 23.8 Å². The van der Waals surface area contributed by atoms with Crippen molar-refractivity contribution in [3.8, 4) is 17.2 Å². The number of anilines is 1. The Morgan fingerprint density at radius 1 is 1.11 bits per heavy atom. The number of methoxy groups -OCH3 is 3. The molecule has 1 atom stereocenters. The first-order chi connectivity index (χ1) is 17.1. The number of carbonyl (C=O) groups is 2. The van der Waals surface area contributed by atoms with Gasteiger partial charge in [0.15, 0.2) is 17.3 Å². The van der Waals surface area contributed by atoms with E-state index in [9.17, 15) is 9.59 Å². The molecule has 0 bridgehead atoms. The molecule has 190 valence electrons. The van der Waals surface area contributed by atoms with Gasteiger partial charge in [0, 0.05) is 45.5 Å². The van der Waals surface area contributed by atoms with Gasteiger partial charge in [-0.2, -0.15) is 0 Å². The number of ketones is 1. The molecule has 1 aromatic carbocycles. The highest BCUT2D eigenvalue weighted by Gasteiger charge is 2.43. The van der Waals surface area contributed by atoms with Gasteiger partial charge in [0.1, 0.15) is 5.82 Å². The van der Waals surface area contributed by atoms with E-state index >= 15 is 0 Å². The van der Waals surface area contributed by atoms with Crippen molar-refractivity contribution in [2.24, 2.45) is 5.41 Å². The molecule has 1 aromatic heterocycles. The zero-order chi connectivity index (χ0) is 26.2. The smallest absolute Gasteiger partial charge is 0.255 e. The Balaban J connectivity index is 1.89. The number of carbonyl (C=O) groups excluding carboxylic acids is 2. The fourth-order valence-electron chi connectivity index (χ4n) is 4.97. The molecule has 0 spiro atoms. The average Bonchev–Trinajstić information content (AvgIpc) is 2.82. The fourth-order valence-corrected chi connectivity index (χ4v) is 5.21. The minimum Gasteiger partial charge on any atom is -0.493 e. The third kappa shape index (κ3) is 4.84. The summed E-state index contributed by atoms with van der Waals surface area (Å²) in [7, 11) is 4.61. The van der Waals surface area contributed by atoms with Crippen LogP contribution in [0.4, 0.5) is 5.82 Å². The van der Waals surface area contributed by atoms with Gasteiger partial charge >= 0.3 is 0 Å². The number of nitrogens with one attached hydrogen (secondary N) is 2. The van der Waals surface area contributed by atoms with E-state index in [1.165, 1.54) is 21.3 Å². The van der Waals surface area contributed by atoms with E-state index in [2.05, 4.69) is 45.4 Å². The Hall–Kier alpha value is -3.33. The van der Waals surface area contributed by atoms with E-state index in [0.29, 0.717) is 58.3 Å². The van der Waals surface area contributed by atoms with Crippen LogP contribution in [0, 0.1) is 5.41 Å². The van der Waals surface area contributed by atoms with E-state index in [-0.39, 0.29) is 17.1 Å². The summed E-state index contributed by atoms with van der Waals surface area (Å²) < 4.78 is 17.5. The first-order valence-electron chi connectivity index (χ1n) is 11.6. The van der Waals surface area contributed by atoms with Crippen molar-refractivity contribution in [1.82, 2.24) is 10.3 Å². The molecule has 2 heterocycles. The highest BCUT2D eigenvalue weighted by Crippen LogP contribution is 2.49. The minimum atomic E-state index is -0.631. The lowest BCUT2D eigenvalue weighted by molar-refractivity contribution is -0.118. The zero-order valence-corrected chi connectivity index (χ0v) is 22.8. The van der Waals surface area contributed by atoms with Crippen molar-refractivity contribution in [1.29, 1.82) is 0 Å². The molecule has 1 aliphatic heterocycles. The van der Waals surface area contributed by atoms with Crippen molar-refractivity contribution in [2.75, 3.05) is 26.6 Å². The number of halogens is 1. The van der Waals surface area contributed by atoms with Crippen molar-refractivity contribution in [3.63, 3.8) is 0 Å². The highest BCUT2D eigenvalue weighted by atomic mass is 79.9. The number of ether oxygens (including phenoxy) is 3. The summed E-state index contributed by atoms with van der Waals surface area (Å²) in [5.41, 5.74) is 3.03. The van der Waals surface area contributed by atoms with Crippen LogP contribution in [-0.4, -0.2) is 38.0 Å². The normalized spacial score (nSPS) is 18.9. The van der Waals surface area contributed by atoms with Gasteiger partial charge < -0.3 is 24.8 Å². The van der Waals surface area contributed by atoms with E-state index in [1.807, 2.05) is 6.92 Å². The third-order valence-electron chi connectivity index (χ3n) is 6.47. The Morgan fingerprint density at radius 3 is 2.33 bits per heavy atom. The first kappa shape index (κ1) is 25.8. The number of aromatic nitrogens is 1. The molecule has 0 fully saturated rings. The van der Waals surface area contributed by atoms with Crippen LogP contribution in [0.15, 0.2) is 57.5 Å². The van der Waals surface area contributed by atoms with Crippen LogP contribution in [-0.2, 0) is 9.59 Å². The molecule has 0 saturated carbocycles. The summed E-state index contributed by atoms with van der Waals surface area (Å²) in [6.45, 7) is 6.00. The van der Waals surface area contributed by atoms with Crippen LogP contribution >= 0.6 is 15.9 Å². The van der Waals surface area contributed by atoms with Crippen LogP contribution in [0.2, 0.25) is 0 Å². The number of pyridine rings is 1. The number of Topliss-reactive ketones (excluding diaryl/α,β-unsaturated/α-hetero) is 1. The SMILES string of the molecule is COc1cc(C2C(C(=O)Nc3ccc(Br)cn3)=C(C)NC3=C2C(=O)CC(C)(C)C3)cc(OC)c1OC. The Bertz CT molecular complexity index is 1260. The summed E-state index contributed by atoms with van der Waals surface area (Å²) in [5, 5.41) is 6.26. The lowest BCUT2D eigenvalue weighted by Crippen LogP contribution is -2.39. The summed E-state index contributed by atoms with van der Waals surface area (Å²) in [4.78, 5) is 31.6. The molecule has 0 saturated heterocycles. The quantitative estimate of drug-likeness (QED) is 0.510. The molecule has 1 amide bonds. The molecule has 2 N–H and O–H groups in total. The molecule has 4 rings (SSSR count). The number of benzene rings is 1. The second-order valence-corrected chi connectivity index (χ2v) is 10.6. The monoisotopic (exact) mass is 555 g/mol. The standard InChI is InChI=1S/C27H30BrN3O5/c1-14-22(26(33)31-21-8-7-16(28)13-29-21)23(24-17(30-14)11-27(2,3)12-18(24)32)15-9-19(34-4)25(36-6)20(10-15)35-5/h7-10,13,23,30H,11-12H2,1-6H3,(H,29,31,33). The number of dihydropyridines is 1. The fraction of sp³-hybridized carbons (Fsp3) is 0.370. The number of hydrogen-bond acceptors (Lipinski definition) is 7. The van der Waals surface area contributed by atoms with E-state index in [1.54, 1.807) is 30.5 Å². The summed E-state index contributed by atoms with van der Waals surface area (Å²) >= 11 is 3.36. The van der Waals surface area contributed by atoms with Crippen molar-refractivity contribution >= 4 is 33.4 Å². The number of nitrogens with zero attached hydrogens (tertiary/aromatic N) is 1. The first-order valence-corrected chi connectivity index (χ1v) is 12.3. The predicted molar refractivity (Wildman–Crippen MR) is 140 cm³/mol. The second-order valence-electron chi connectivity index (χ2n) is 9.70. The molecule has 2 aromatic rings. The van der Waals surface area contributed by atoms with Gasteiger partial charge in [-0.05, 0) is 64.5 Å². The molecule has 1 aliphatic carbocycles. The summed E-state index contributed by atoms with van der Waals surface area (Å²) in [6, 6.07) is 7.11. The maximum absolute atomic E-state index is 13.7. The maximum Gasteiger partial charge on any atom is 0.255 e. The Kier molecular flexibility index (Phi) is 7.13. The van der Waals surface area contributed by atoms with Crippen molar-refractivity contribution in [2.45, 2.75) is 39.5 Å². The second kappa shape index (κ2) is 9.97. The van der Waals surface area contributed by atoms with Gasteiger partial charge in [-0.3, -0.25) is 9.59 Å². The van der Waals surface area contributed by atoms with Gasteiger partial charge in [0.25, 0.3) is 5.91 Å². The van der Waals surface area contributed by atoms with Crippen molar-refractivity contribution in [3.05, 3.63) is 63.0 Å². The average molecular weight is 556 g/mol. The molecule has 36 heavy (non-hydrogen) atoms. The number of allylic oxidation sites excluding steroid dienone is 3. The van der Waals surface area contributed by atoms with Crippen LogP contribution in [0.25, 0.3) is 0 Å². The highest BCUT2D eigenvalue weighted by molar-refractivity contribution is 9.10. The number of hydrogen-bond donors (Lipinski definition) is 2. The maximum atomic E-state index is 13.7. The van der Waals surface area contributed by atoms with E-state index in [4.69, 9.17) is 14.2 Å². The molecule has 8 nitrogen and oxygen atoms in total. The summed E-state index contributed by atoms with van der Waals surface area (Å²) in [5.74, 6) is 0.766. The molecule has 1 unspecified atom stereocenters. The molecular weight excluding hydrogens is 526 g/mol. The minimum absolute atomic E-state index is 0.00654. The van der Waals surface area contributed by atoms with Gasteiger partial charge in [-0.1, -0.05) is 13.8 Å². The van der Waals surface area contributed by atoms with Gasteiger partial charge in [0.2, 0.25) is 5.75 Å². The van der Waals surface area contributed by atoms with Gasteiger partial charge in [-0.25, -0.2) is 4.98 Å². The molecular formula is C27H30BrN3O5.